The van der Waals surface area contributed by atoms with Crippen molar-refractivity contribution >= 4 is 29.2 Å². The monoisotopic (exact) mass is 286 g/mol. The molecule has 7 heteroatoms. The Hall–Kier alpha value is -1.59. The van der Waals surface area contributed by atoms with Gasteiger partial charge in [0.25, 0.3) is 0 Å². The number of halogens is 2. The second-order valence-corrected chi connectivity index (χ2v) is 4.21. The summed E-state index contributed by atoms with van der Waals surface area (Å²) in [5.41, 5.74) is 0.657. The van der Waals surface area contributed by atoms with Crippen LogP contribution < -0.4 is 0 Å². The molecule has 18 heavy (non-hydrogen) atoms. The molecule has 0 N–H and O–H groups in total. The number of aromatic nitrogens is 2. The van der Waals surface area contributed by atoms with E-state index in [4.69, 9.17) is 27.7 Å². The van der Waals surface area contributed by atoms with Crippen LogP contribution in [0.3, 0.4) is 0 Å². The van der Waals surface area contributed by atoms with Gasteiger partial charge in [0.05, 0.1) is 17.2 Å². The highest BCUT2D eigenvalue weighted by atomic mass is 35.5. The predicted molar refractivity (Wildman–Crippen MR) is 65.5 cm³/mol. The standard InChI is InChI=1S/C11H8Cl2N2O3/c1-17-10(16)5-9-14-11(15-18-9)6-2-3-7(12)8(13)4-6/h2-4H,5H2,1H3. The first-order valence-corrected chi connectivity index (χ1v) is 5.70. The third-order valence-corrected chi connectivity index (χ3v) is 2.91. The van der Waals surface area contributed by atoms with Crippen LogP contribution in [0.4, 0.5) is 0 Å². The SMILES string of the molecule is COC(=O)Cc1nc(-c2ccc(Cl)c(Cl)c2)no1. The van der Waals surface area contributed by atoms with Gasteiger partial charge in [-0.25, -0.2) is 0 Å². The minimum Gasteiger partial charge on any atom is -0.469 e. The Bertz CT molecular complexity index is 583. The van der Waals surface area contributed by atoms with Crippen LogP contribution in [0.2, 0.25) is 10.0 Å². The fourth-order valence-electron chi connectivity index (χ4n) is 1.27. The van der Waals surface area contributed by atoms with Crippen LogP contribution in [0.5, 0.6) is 0 Å². The number of ether oxygens (including phenoxy) is 1. The van der Waals surface area contributed by atoms with Gasteiger partial charge in [0, 0.05) is 5.56 Å². The normalized spacial score (nSPS) is 10.4. The fourth-order valence-corrected chi connectivity index (χ4v) is 1.57. The Morgan fingerprint density at radius 1 is 1.39 bits per heavy atom. The Morgan fingerprint density at radius 2 is 2.17 bits per heavy atom. The van der Waals surface area contributed by atoms with Crippen LogP contribution in [0.15, 0.2) is 22.7 Å². The molecule has 0 unspecified atom stereocenters. The van der Waals surface area contributed by atoms with E-state index in [1.54, 1.807) is 18.2 Å². The second kappa shape index (κ2) is 5.37. The van der Waals surface area contributed by atoms with Gasteiger partial charge in [0.1, 0.15) is 6.42 Å². The highest BCUT2D eigenvalue weighted by Crippen LogP contribution is 2.27. The average Bonchev–Trinajstić information content (AvgIpc) is 2.81. The number of hydrogen-bond donors (Lipinski definition) is 0. The summed E-state index contributed by atoms with van der Waals surface area (Å²) in [6.07, 6.45) is -0.0647. The van der Waals surface area contributed by atoms with E-state index in [0.29, 0.717) is 21.4 Å². The number of rotatable bonds is 3. The summed E-state index contributed by atoms with van der Waals surface area (Å²) in [7, 11) is 1.29. The van der Waals surface area contributed by atoms with Crippen LogP contribution >= 0.6 is 23.2 Å². The number of hydrogen-bond acceptors (Lipinski definition) is 5. The molecule has 5 nitrogen and oxygen atoms in total. The summed E-state index contributed by atoms with van der Waals surface area (Å²) in [5.74, 6) is 0.0785. The number of carbonyl (C=O) groups is 1. The van der Waals surface area contributed by atoms with Crippen molar-refractivity contribution in [3.63, 3.8) is 0 Å². The lowest BCUT2D eigenvalue weighted by molar-refractivity contribution is -0.140. The van der Waals surface area contributed by atoms with E-state index in [1.165, 1.54) is 7.11 Å². The summed E-state index contributed by atoms with van der Waals surface area (Å²) in [5, 5.41) is 4.59. The molecule has 2 aromatic rings. The van der Waals surface area contributed by atoms with Gasteiger partial charge in [-0.2, -0.15) is 4.98 Å². The highest BCUT2D eigenvalue weighted by Gasteiger charge is 2.13. The number of esters is 1. The number of carbonyl (C=O) groups excluding carboxylic acids is 1. The van der Waals surface area contributed by atoms with Gasteiger partial charge >= 0.3 is 5.97 Å². The molecule has 0 aliphatic rings. The molecule has 0 bridgehead atoms. The van der Waals surface area contributed by atoms with Gasteiger partial charge in [0.2, 0.25) is 11.7 Å². The zero-order valence-electron chi connectivity index (χ0n) is 9.31. The third-order valence-electron chi connectivity index (χ3n) is 2.17. The van der Waals surface area contributed by atoms with Gasteiger partial charge < -0.3 is 9.26 Å². The molecule has 0 fully saturated rings. The maximum Gasteiger partial charge on any atom is 0.315 e. The van der Waals surface area contributed by atoms with Crippen molar-refractivity contribution in [3.05, 3.63) is 34.1 Å². The summed E-state index contributed by atoms with van der Waals surface area (Å²) in [6.45, 7) is 0. The van der Waals surface area contributed by atoms with Crippen molar-refractivity contribution in [2.45, 2.75) is 6.42 Å². The van der Waals surface area contributed by atoms with Crippen LogP contribution in [0.25, 0.3) is 11.4 Å². The lowest BCUT2D eigenvalue weighted by Crippen LogP contribution is -2.04. The summed E-state index contributed by atoms with van der Waals surface area (Å²) < 4.78 is 9.42. The maximum absolute atomic E-state index is 11.0. The topological polar surface area (TPSA) is 65.2 Å². The molecular weight excluding hydrogens is 279 g/mol. The predicted octanol–water partition coefficient (Wildman–Crippen LogP) is 2.76. The maximum atomic E-state index is 11.0. The van der Waals surface area contributed by atoms with E-state index in [-0.39, 0.29) is 12.3 Å². The van der Waals surface area contributed by atoms with E-state index in [9.17, 15) is 4.79 Å². The molecule has 94 valence electrons. The van der Waals surface area contributed by atoms with E-state index >= 15 is 0 Å². The van der Waals surface area contributed by atoms with Gasteiger partial charge in [-0.1, -0.05) is 28.4 Å². The lowest BCUT2D eigenvalue weighted by atomic mass is 10.2. The van der Waals surface area contributed by atoms with Crippen molar-refractivity contribution in [1.29, 1.82) is 0 Å². The van der Waals surface area contributed by atoms with Gasteiger partial charge in [-0.05, 0) is 18.2 Å². The first-order chi connectivity index (χ1) is 8.60. The minimum atomic E-state index is -0.445. The van der Waals surface area contributed by atoms with Crippen LogP contribution in [-0.4, -0.2) is 23.2 Å². The Labute approximate surface area is 113 Å². The van der Waals surface area contributed by atoms with Crippen molar-refractivity contribution < 1.29 is 14.1 Å². The van der Waals surface area contributed by atoms with Crippen LogP contribution in [0.1, 0.15) is 5.89 Å². The molecule has 0 atom stereocenters. The average molecular weight is 287 g/mol. The molecule has 0 saturated heterocycles. The highest BCUT2D eigenvalue weighted by molar-refractivity contribution is 6.42. The molecule has 1 aromatic carbocycles. The number of methoxy groups -OCH3 is 1. The van der Waals surface area contributed by atoms with Crippen molar-refractivity contribution in [2.24, 2.45) is 0 Å². The minimum absolute atomic E-state index is 0.0647. The molecule has 0 spiro atoms. The van der Waals surface area contributed by atoms with Gasteiger partial charge in [-0.3, -0.25) is 4.79 Å². The first kappa shape index (κ1) is 12.9. The second-order valence-electron chi connectivity index (χ2n) is 3.39. The molecule has 0 aliphatic heterocycles. The fraction of sp³-hybridized carbons (Fsp3) is 0.182. The zero-order chi connectivity index (χ0) is 13.1. The van der Waals surface area contributed by atoms with Gasteiger partial charge in [-0.15, -0.1) is 0 Å². The Balaban J connectivity index is 2.23. The molecule has 0 radical (unpaired) electrons. The molecule has 0 saturated carbocycles. The van der Waals surface area contributed by atoms with Crippen LogP contribution in [0, 0.1) is 0 Å². The van der Waals surface area contributed by atoms with Gasteiger partial charge in [0.15, 0.2) is 0 Å². The summed E-state index contributed by atoms with van der Waals surface area (Å²) >= 11 is 11.7. The quantitative estimate of drug-likeness (QED) is 0.812. The molecule has 1 heterocycles. The lowest BCUT2D eigenvalue weighted by Gasteiger charge is -1.97. The van der Waals surface area contributed by atoms with Crippen molar-refractivity contribution in [3.8, 4) is 11.4 Å². The molecule has 2 rings (SSSR count). The smallest absolute Gasteiger partial charge is 0.315 e. The number of nitrogens with zero attached hydrogens (tertiary/aromatic N) is 2. The third kappa shape index (κ3) is 2.80. The van der Waals surface area contributed by atoms with E-state index in [1.807, 2.05) is 0 Å². The first-order valence-electron chi connectivity index (χ1n) is 4.95. The van der Waals surface area contributed by atoms with E-state index in [2.05, 4.69) is 14.9 Å². The Morgan fingerprint density at radius 3 is 2.83 bits per heavy atom. The van der Waals surface area contributed by atoms with Crippen LogP contribution in [-0.2, 0) is 16.0 Å². The van der Waals surface area contributed by atoms with E-state index < -0.39 is 5.97 Å². The summed E-state index contributed by atoms with van der Waals surface area (Å²) in [6, 6.07) is 4.97. The van der Waals surface area contributed by atoms with E-state index in [0.717, 1.165) is 0 Å². The summed E-state index contributed by atoms with van der Waals surface area (Å²) in [4.78, 5) is 15.1. The molecule has 0 amide bonds. The largest absolute Gasteiger partial charge is 0.469 e. The molecule has 1 aromatic heterocycles. The number of benzene rings is 1. The molecular formula is C11H8Cl2N2O3. The van der Waals surface area contributed by atoms with Crippen molar-refractivity contribution in [1.82, 2.24) is 10.1 Å². The van der Waals surface area contributed by atoms with Crippen molar-refractivity contribution in [2.75, 3.05) is 7.11 Å². The Kier molecular flexibility index (Phi) is 3.84. The zero-order valence-corrected chi connectivity index (χ0v) is 10.8. The molecule has 0 aliphatic carbocycles.